The number of ether oxygens (including phenoxy) is 3. The SMILES string of the molecule is CCOC(=O)c1cnc2sc3cc(Oc4ccc(NC(=O)N/C(=C/C(=N)C(C)(C)C)Nc5ccc(OC)c(Cl)c5)cc4)ccc3n12. The molecule has 0 radical (unpaired) electrons. The minimum atomic E-state index is -0.510. The normalized spacial score (nSPS) is 11.7. The minimum Gasteiger partial charge on any atom is -0.495 e. The van der Waals surface area contributed by atoms with Crippen LogP contribution in [0.5, 0.6) is 17.2 Å². The Hall–Kier alpha value is -5.07. The third-order valence-corrected chi connectivity index (χ3v) is 8.02. The van der Waals surface area contributed by atoms with E-state index in [2.05, 4.69) is 20.9 Å². The second kappa shape index (κ2) is 13.5. The van der Waals surface area contributed by atoms with Crippen LogP contribution in [0.4, 0.5) is 16.2 Å². The molecule has 2 heterocycles. The number of nitrogens with one attached hydrogen (secondary N) is 4. The van der Waals surface area contributed by atoms with E-state index in [0.29, 0.717) is 55.8 Å². The number of halogens is 1. The summed E-state index contributed by atoms with van der Waals surface area (Å²) in [7, 11) is 1.53. The second-order valence-electron chi connectivity index (χ2n) is 11.1. The molecule has 2 amide bonds. The van der Waals surface area contributed by atoms with Gasteiger partial charge in [-0.1, -0.05) is 43.7 Å². The molecule has 0 unspecified atom stereocenters. The Morgan fingerprint density at radius 2 is 1.74 bits per heavy atom. The molecule has 0 saturated heterocycles. The molecular formula is C33H33ClN6O5S. The van der Waals surface area contributed by atoms with Crippen LogP contribution in [0.25, 0.3) is 15.2 Å². The van der Waals surface area contributed by atoms with Gasteiger partial charge in [-0.2, -0.15) is 0 Å². The topological polar surface area (TPSA) is 139 Å². The molecule has 5 rings (SSSR count). The third kappa shape index (κ3) is 7.41. The summed E-state index contributed by atoms with van der Waals surface area (Å²) in [6.45, 7) is 7.78. The number of benzene rings is 3. The largest absolute Gasteiger partial charge is 0.495 e. The van der Waals surface area contributed by atoms with Crippen molar-refractivity contribution in [2.45, 2.75) is 27.7 Å². The van der Waals surface area contributed by atoms with Gasteiger partial charge in [-0.3, -0.25) is 9.72 Å². The van der Waals surface area contributed by atoms with Gasteiger partial charge in [0.2, 0.25) is 0 Å². The fourth-order valence-corrected chi connectivity index (χ4v) is 5.59. The molecule has 0 spiro atoms. The lowest BCUT2D eigenvalue weighted by Crippen LogP contribution is -2.32. The lowest BCUT2D eigenvalue weighted by molar-refractivity contribution is 0.0518. The maximum Gasteiger partial charge on any atom is 0.357 e. The minimum absolute atomic E-state index is 0.281. The summed E-state index contributed by atoms with van der Waals surface area (Å²) in [4.78, 5) is 30.4. The lowest BCUT2D eigenvalue weighted by Gasteiger charge is -2.20. The van der Waals surface area contributed by atoms with Gasteiger partial charge in [0, 0.05) is 34.6 Å². The molecule has 4 N–H and O–H groups in total. The number of hydrogen-bond acceptors (Lipinski definition) is 9. The van der Waals surface area contributed by atoms with E-state index in [4.69, 9.17) is 31.2 Å². The molecule has 13 heteroatoms. The molecule has 0 aliphatic rings. The maximum atomic E-state index is 13.0. The highest BCUT2D eigenvalue weighted by Gasteiger charge is 2.19. The van der Waals surface area contributed by atoms with Gasteiger partial charge < -0.3 is 30.3 Å². The first-order chi connectivity index (χ1) is 21.9. The lowest BCUT2D eigenvalue weighted by atomic mass is 9.90. The quantitative estimate of drug-likeness (QED) is 0.0872. The molecule has 11 nitrogen and oxygen atoms in total. The van der Waals surface area contributed by atoms with Crippen LogP contribution in [0.3, 0.4) is 0 Å². The maximum absolute atomic E-state index is 13.0. The van der Waals surface area contributed by atoms with Gasteiger partial charge in [0.05, 0.1) is 35.2 Å². The van der Waals surface area contributed by atoms with Gasteiger partial charge >= 0.3 is 12.0 Å². The van der Waals surface area contributed by atoms with Gasteiger partial charge in [0.1, 0.15) is 23.1 Å². The number of urea groups is 1. The Morgan fingerprint density at radius 1 is 1.02 bits per heavy atom. The van der Waals surface area contributed by atoms with Crippen LogP contribution in [0, 0.1) is 10.8 Å². The number of aromatic nitrogens is 2. The van der Waals surface area contributed by atoms with Crippen molar-refractivity contribution >= 4 is 67.2 Å². The van der Waals surface area contributed by atoms with Gasteiger partial charge in [-0.05, 0) is 61.5 Å². The van der Waals surface area contributed by atoms with Crippen LogP contribution in [-0.2, 0) is 4.74 Å². The summed E-state index contributed by atoms with van der Waals surface area (Å²) >= 11 is 7.72. The number of esters is 1. The van der Waals surface area contributed by atoms with E-state index in [1.54, 1.807) is 59.9 Å². The van der Waals surface area contributed by atoms with Gasteiger partial charge in [0.15, 0.2) is 10.7 Å². The summed E-state index contributed by atoms with van der Waals surface area (Å²) in [6.07, 6.45) is 3.08. The van der Waals surface area contributed by atoms with Crippen molar-refractivity contribution in [3.63, 3.8) is 0 Å². The highest BCUT2D eigenvalue weighted by Crippen LogP contribution is 2.33. The van der Waals surface area contributed by atoms with Crippen molar-refractivity contribution in [2.24, 2.45) is 5.41 Å². The molecular weight excluding hydrogens is 628 g/mol. The van der Waals surface area contributed by atoms with Crippen molar-refractivity contribution in [1.82, 2.24) is 14.7 Å². The van der Waals surface area contributed by atoms with Crippen molar-refractivity contribution in [3.8, 4) is 17.2 Å². The zero-order valence-electron chi connectivity index (χ0n) is 25.9. The van der Waals surface area contributed by atoms with Crippen molar-refractivity contribution < 1.29 is 23.8 Å². The summed E-state index contributed by atoms with van der Waals surface area (Å²) in [5, 5.41) is 17.6. The molecule has 3 aromatic carbocycles. The molecule has 0 aliphatic carbocycles. The molecule has 0 atom stereocenters. The average Bonchev–Trinajstić information content (AvgIpc) is 3.57. The van der Waals surface area contributed by atoms with Gasteiger partial charge in [-0.15, -0.1) is 0 Å². The van der Waals surface area contributed by atoms with E-state index < -0.39 is 17.4 Å². The van der Waals surface area contributed by atoms with Gasteiger partial charge in [-0.25, -0.2) is 14.6 Å². The van der Waals surface area contributed by atoms with Crippen molar-refractivity contribution in [3.05, 3.63) is 89.5 Å². The number of nitrogens with zero attached hydrogens (tertiary/aromatic N) is 2. The smallest absolute Gasteiger partial charge is 0.357 e. The van der Waals surface area contributed by atoms with E-state index in [-0.39, 0.29) is 6.61 Å². The fourth-order valence-electron chi connectivity index (χ4n) is 4.30. The number of methoxy groups -OCH3 is 1. The van der Waals surface area contributed by atoms with E-state index in [9.17, 15) is 9.59 Å². The monoisotopic (exact) mass is 660 g/mol. The summed E-state index contributed by atoms with van der Waals surface area (Å²) in [5.41, 5.74) is 2.21. The molecule has 0 saturated carbocycles. The van der Waals surface area contributed by atoms with Gasteiger partial charge in [0.25, 0.3) is 0 Å². The molecule has 0 aliphatic heterocycles. The Morgan fingerprint density at radius 3 is 2.41 bits per heavy atom. The van der Waals surface area contributed by atoms with Crippen LogP contribution >= 0.6 is 22.9 Å². The van der Waals surface area contributed by atoms with Crippen LogP contribution in [0.1, 0.15) is 38.2 Å². The molecule has 0 bridgehead atoms. The number of allylic oxidation sites excluding steroid dienone is 1. The molecule has 2 aromatic heterocycles. The number of carbonyl (C=O) groups is 2. The fraction of sp³-hybridized carbons (Fsp3) is 0.212. The van der Waals surface area contributed by atoms with Crippen LogP contribution in [0.15, 0.2) is 78.8 Å². The molecule has 238 valence electrons. The second-order valence-corrected chi connectivity index (χ2v) is 12.5. The average molecular weight is 661 g/mol. The van der Waals surface area contributed by atoms with Crippen LogP contribution < -0.4 is 25.4 Å². The Labute approximate surface area is 274 Å². The Balaban J connectivity index is 1.26. The number of anilines is 2. The number of rotatable bonds is 10. The summed E-state index contributed by atoms with van der Waals surface area (Å²) in [5.74, 6) is 1.56. The first-order valence-corrected chi connectivity index (χ1v) is 15.5. The van der Waals surface area contributed by atoms with Crippen LogP contribution in [0.2, 0.25) is 5.02 Å². The van der Waals surface area contributed by atoms with E-state index in [1.807, 2.05) is 39.0 Å². The van der Waals surface area contributed by atoms with E-state index >= 15 is 0 Å². The first-order valence-electron chi connectivity index (χ1n) is 14.3. The third-order valence-electron chi connectivity index (χ3n) is 6.71. The Bertz CT molecular complexity index is 1960. The molecule has 46 heavy (non-hydrogen) atoms. The standard InChI is InChI=1S/C33H33ClN6O5S/c1-6-44-30(41)25-18-36-32-40(25)24-13-12-22(16-27(24)46-32)45-21-10-7-19(8-11-21)38-31(42)39-29(17-28(35)33(2,3)4)37-20-9-14-26(43-5)23(34)15-20/h7-18,35,37H,6H2,1-5H3,(H2,38,39,42)/b29-17+,35-28?. The summed E-state index contributed by atoms with van der Waals surface area (Å²) in [6, 6.07) is 17.1. The highest BCUT2D eigenvalue weighted by molar-refractivity contribution is 7.23. The first kappa shape index (κ1) is 32.3. The Kier molecular flexibility index (Phi) is 9.49. The number of imidazole rings is 1. The number of carbonyl (C=O) groups excluding carboxylic acids is 2. The predicted molar refractivity (Wildman–Crippen MR) is 182 cm³/mol. The zero-order valence-corrected chi connectivity index (χ0v) is 27.4. The number of fused-ring (bicyclic) bond motifs is 3. The predicted octanol–water partition coefficient (Wildman–Crippen LogP) is 8.32. The number of thiazole rings is 1. The zero-order chi connectivity index (χ0) is 33.0. The highest BCUT2D eigenvalue weighted by atomic mass is 35.5. The van der Waals surface area contributed by atoms with E-state index in [0.717, 1.165) is 10.2 Å². The van der Waals surface area contributed by atoms with Crippen molar-refractivity contribution in [1.29, 1.82) is 5.41 Å². The van der Waals surface area contributed by atoms with Crippen LogP contribution in [-0.4, -0.2) is 40.8 Å². The number of amides is 2. The molecule has 5 aromatic rings. The summed E-state index contributed by atoms with van der Waals surface area (Å²) < 4.78 is 19.1. The number of hydrogen-bond donors (Lipinski definition) is 4. The molecule has 0 fully saturated rings. The van der Waals surface area contributed by atoms with E-state index in [1.165, 1.54) is 24.6 Å². The van der Waals surface area contributed by atoms with Crippen molar-refractivity contribution in [2.75, 3.05) is 24.4 Å².